The summed E-state index contributed by atoms with van der Waals surface area (Å²) in [5, 5.41) is 3.68. The number of sulfonamides is 1. The van der Waals surface area contributed by atoms with E-state index >= 15 is 0 Å². The molecule has 3 rings (SSSR count). The molecule has 6 nitrogen and oxygen atoms in total. The Morgan fingerprint density at radius 1 is 1.07 bits per heavy atom. The summed E-state index contributed by atoms with van der Waals surface area (Å²) < 4.78 is 24.7. The maximum atomic E-state index is 12.6. The zero-order valence-corrected chi connectivity index (χ0v) is 17.7. The minimum Gasteiger partial charge on any atom is -0.321 e. The molecule has 0 bridgehead atoms. The Morgan fingerprint density at radius 2 is 1.79 bits per heavy atom. The summed E-state index contributed by atoms with van der Waals surface area (Å²) in [6.07, 6.45) is 1.23. The van der Waals surface area contributed by atoms with E-state index < -0.39 is 10.0 Å². The van der Waals surface area contributed by atoms with Crippen molar-refractivity contribution in [2.24, 2.45) is 0 Å². The lowest BCUT2D eigenvalue weighted by atomic mass is 10.1. The van der Waals surface area contributed by atoms with E-state index in [0.717, 1.165) is 5.56 Å². The van der Waals surface area contributed by atoms with Crippen molar-refractivity contribution in [3.63, 3.8) is 0 Å². The Labute approximate surface area is 175 Å². The second kappa shape index (κ2) is 8.80. The number of piperazine rings is 1. The third-order valence-corrected chi connectivity index (χ3v) is 6.44. The molecule has 1 amide bonds. The zero-order chi connectivity index (χ0) is 20.3. The molecule has 0 atom stereocenters. The molecule has 2 aromatic rings. The van der Waals surface area contributed by atoms with Gasteiger partial charge in [-0.1, -0.05) is 35.3 Å². The van der Waals surface area contributed by atoms with E-state index in [1.54, 1.807) is 24.3 Å². The van der Waals surface area contributed by atoms with Crippen LogP contribution in [0.15, 0.2) is 42.5 Å². The number of carbonyl (C=O) groups is 1. The fraction of sp³-hybridized carbons (Fsp3) is 0.316. The van der Waals surface area contributed by atoms with Crippen LogP contribution >= 0.6 is 23.2 Å². The zero-order valence-electron chi connectivity index (χ0n) is 15.4. The maximum Gasteiger partial charge on any atom is 0.255 e. The van der Waals surface area contributed by atoms with Crippen molar-refractivity contribution >= 4 is 44.8 Å². The molecule has 1 heterocycles. The van der Waals surface area contributed by atoms with E-state index in [1.165, 1.54) is 10.6 Å². The van der Waals surface area contributed by atoms with Gasteiger partial charge >= 0.3 is 0 Å². The number of nitrogens with one attached hydrogen (secondary N) is 1. The van der Waals surface area contributed by atoms with Gasteiger partial charge < -0.3 is 5.32 Å². The van der Waals surface area contributed by atoms with Crippen molar-refractivity contribution in [1.29, 1.82) is 0 Å². The molecule has 1 N–H and O–H groups in total. The molecule has 1 saturated heterocycles. The molecule has 0 radical (unpaired) electrons. The molecule has 2 aromatic carbocycles. The molecule has 9 heteroatoms. The van der Waals surface area contributed by atoms with Gasteiger partial charge in [-0.15, -0.1) is 0 Å². The maximum absolute atomic E-state index is 12.6. The molecule has 0 unspecified atom stereocenters. The Kier molecular flexibility index (Phi) is 6.62. The predicted molar refractivity (Wildman–Crippen MR) is 113 cm³/mol. The number of rotatable bonds is 5. The Hall–Kier alpha value is -1.64. The van der Waals surface area contributed by atoms with Crippen LogP contribution in [0.25, 0.3) is 0 Å². The highest BCUT2D eigenvalue weighted by atomic mass is 35.5. The van der Waals surface area contributed by atoms with E-state index in [4.69, 9.17) is 23.2 Å². The van der Waals surface area contributed by atoms with E-state index in [-0.39, 0.29) is 5.91 Å². The Bertz CT molecular complexity index is 974. The lowest BCUT2D eigenvalue weighted by Crippen LogP contribution is -2.47. The van der Waals surface area contributed by atoms with E-state index in [9.17, 15) is 13.2 Å². The van der Waals surface area contributed by atoms with Crippen LogP contribution in [0.2, 0.25) is 10.0 Å². The number of anilines is 1. The molecular formula is C19H21Cl2N3O3S. The minimum atomic E-state index is -3.14. The van der Waals surface area contributed by atoms with E-state index in [2.05, 4.69) is 10.2 Å². The summed E-state index contributed by atoms with van der Waals surface area (Å²) in [4.78, 5) is 14.7. The van der Waals surface area contributed by atoms with Crippen molar-refractivity contribution < 1.29 is 13.2 Å². The summed E-state index contributed by atoms with van der Waals surface area (Å²) in [5.74, 6) is -0.270. The number of hydrogen-bond donors (Lipinski definition) is 1. The van der Waals surface area contributed by atoms with Gasteiger partial charge in [-0.25, -0.2) is 8.42 Å². The highest BCUT2D eigenvalue weighted by Crippen LogP contribution is 2.26. The summed E-state index contributed by atoms with van der Waals surface area (Å²) in [5.41, 5.74) is 1.96. The van der Waals surface area contributed by atoms with Gasteiger partial charge in [0.15, 0.2) is 0 Å². The van der Waals surface area contributed by atoms with Crippen molar-refractivity contribution in [3.8, 4) is 0 Å². The third kappa shape index (κ3) is 5.46. The first kappa shape index (κ1) is 21.1. The molecule has 150 valence electrons. The second-order valence-corrected chi connectivity index (χ2v) is 9.54. The van der Waals surface area contributed by atoms with Crippen LogP contribution in [0, 0.1) is 0 Å². The molecule has 0 aromatic heterocycles. The molecule has 1 aliphatic heterocycles. The van der Waals surface area contributed by atoms with E-state index in [1.807, 2.05) is 18.2 Å². The largest absolute Gasteiger partial charge is 0.321 e. The SMILES string of the molecule is CS(=O)(=O)N1CCN(Cc2cccc(C(=O)Nc3cc(Cl)ccc3Cl)c2)CC1. The Morgan fingerprint density at radius 3 is 2.46 bits per heavy atom. The van der Waals surface area contributed by atoms with Crippen LogP contribution in [0.3, 0.4) is 0 Å². The van der Waals surface area contributed by atoms with Crippen LogP contribution in [-0.2, 0) is 16.6 Å². The van der Waals surface area contributed by atoms with Crippen molar-refractivity contribution in [1.82, 2.24) is 9.21 Å². The highest BCUT2D eigenvalue weighted by Gasteiger charge is 2.23. The normalized spacial score (nSPS) is 16.1. The van der Waals surface area contributed by atoms with Crippen molar-refractivity contribution in [3.05, 3.63) is 63.6 Å². The summed E-state index contributed by atoms with van der Waals surface area (Å²) in [6.45, 7) is 2.92. The summed E-state index contributed by atoms with van der Waals surface area (Å²) in [6, 6.07) is 12.2. The average molecular weight is 442 g/mol. The molecule has 1 fully saturated rings. The number of carbonyl (C=O) groups excluding carboxylic acids is 1. The first-order chi connectivity index (χ1) is 13.2. The average Bonchev–Trinajstić information content (AvgIpc) is 2.64. The topological polar surface area (TPSA) is 69.7 Å². The molecule has 28 heavy (non-hydrogen) atoms. The molecule has 0 saturated carbocycles. The van der Waals surface area contributed by atoms with Gasteiger partial charge in [0, 0.05) is 43.3 Å². The Balaban J connectivity index is 1.64. The van der Waals surface area contributed by atoms with Gasteiger partial charge in [0.05, 0.1) is 17.0 Å². The quantitative estimate of drug-likeness (QED) is 0.772. The molecule has 0 spiro atoms. The van der Waals surface area contributed by atoms with Gasteiger partial charge in [-0.05, 0) is 35.9 Å². The fourth-order valence-corrected chi connectivity index (χ4v) is 4.24. The van der Waals surface area contributed by atoms with Crippen LogP contribution in [-0.4, -0.2) is 56.0 Å². The standard InChI is InChI=1S/C19H21Cl2N3O3S/c1-28(26,27)24-9-7-23(8-10-24)13-14-3-2-4-15(11-14)19(25)22-18-12-16(20)5-6-17(18)21/h2-6,11-12H,7-10,13H2,1H3,(H,22,25). The lowest BCUT2D eigenvalue weighted by Gasteiger charge is -2.33. The smallest absolute Gasteiger partial charge is 0.255 e. The number of nitrogens with zero attached hydrogens (tertiary/aromatic N) is 2. The van der Waals surface area contributed by atoms with Crippen molar-refractivity contribution in [2.45, 2.75) is 6.54 Å². The number of halogens is 2. The highest BCUT2D eigenvalue weighted by molar-refractivity contribution is 7.88. The number of benzene rings is 2. The van der Waals surface area contributed by atoms with E-state index in [0.29, 0.717) is 54.0 Å². The van der Waals surface area contributed by atoms with Gasteiger partial charge in [-0.3, -0.25) is 9.69 Å². The monoisotopic (exact) mass is 441 g/mol. The van der Waals surface area contributed by atoms with Gasteiger partial charge in [0.1, 0.15) is 0 Å². The molecule has 0 aliphatic carbocycles. The van der Waals surface area contributed by atoms with Gasteiger partial charge in [0.25, 0.3) is 5.91 Å². The third-order valence-electron chi connectivity index (χ3n) is 4.57. The molecule has 1 aliphatic rings. The van der Waals surface area contributed by atoms with Crippen molar-refractivity contribution in [2.75, 3.05) is 37.8 Å². The first-order valence-electron chi connectivity index (χ1n) is 8.75. The van der Waals surface area contributed by atoms with Gasteiger partial charge in [-0.2, -0.15) is 4.31 Å². The second-order valence-electron chi connectivity index (χ2n) is 6.72. The van der Waals surface area contributed by atoms with Crippen LogP contribution in [0.4, 0.5) is 5.69 Å². The summed E-state index contributed by atoms with van der Waals surface area (Å²) in [7, 11) is -3.14. The number of hydrogen-bond acceptors (Lipinski definition) is 4. The lowest BCUT2D eigenvalue weighted by molar-refractivity contribution is 0.102. The number of amides is 1. The van der Waals surface area contributed by atoms with Gasteiger partial charge in [0.2, 0.25) is 10.0 Å². The molecular weight excluding hydrogens is 421 g/mol. The first-order valence-corrected chi connectivity index (χ1v) is 11.4. The minimum absolute atomic E-state index is 0.270. The summed E-state index contributed by atoms with van der Waals surface area (Å²) >= 11 is 12.1. The van der Waals surface area contributed by atoms with Crippen LogP contribution < -0.4 is 5.32 Å². The fourth-order valence-electron chi connectivity index (χ4n) is 3.08. The van der Waals surface area contributed by atoms with Crippen LogP contribution in [0.1, 0.15) is 15.9 Å². The van der Waals surface area contributed by atoms with Crippen LogP contribution in [0.5, 0.6) is 0 Å². The predicted octanol–water partition coefficient (Wildman–Crippen LogP) is 3.32.